The largest absolute Gasteiger partial charge is 0.381 e. The molecule has 0 aliphatic heterocycles. The Hall–Kier alpha value is 0.270. The first-order valence-corrected chi connectivity index (χ1v) is 2.25. The van der Waals surface area contributed by atoms with Crippen molar-refractivity contribution >= 4 is 11.9 Å². The lowest BCUT2D eigenvalue weighted by Crippen LogP contribution is -1.95. The van der Waals surface area contributed by atoms with Crippen LogP contribution in [0.1, 0.15) is 6.92 Å². The highest BCUT2D eigenvalue weighted by atomic mass is 32.2. The summed E-state index contributed by atoms with van der Waals surface area (Å²) in [6.07, 6.45) is 0. The predicted octanol–water partition coefficient (Wildman–Crippen LogP) is -0.0684. The molecule has 0 fully saturated rings. The second kappa shape index (κ2) is 2.50. The first-order valence-electron chi connectivity index (χ1n) is 1.31. The highest BCUT2D eigenvalue weighted by Gasteiger charge is 1.82. The zero-order valence-electron chi connectivity index (χ0n) is 3.01. The van der Waals surface area contributed by atoms with Crippen molar-refractivity contribution in [2.24, 2.45) is 5.14 Å². The SMILES string of the molecule is CC(O)SN. The minimum atomic E-state index is -0.421. The molecule has 0 saturated heterocycles. The van der Waals surface area contributed by atoms with E-state index in [4.69, 9.17) is 10.2 Å². The highest BCUT2D eigenvalue weighted by molar-refractivity contribution is 7.97. The Morgan fingerprint density at radius 3 is 2.20 bits per heavy atom. The van der Waals surface area contributed by atoms with Crippen LogP contribution in [0.5, 0.6) is 0 Å². The zero-order valence-corrected chi connectivity index (χ0v) is 3.83. The van der Waals surface area contributed by atoms with E-state index in [-0.39, 0.29) is 0 Å². The van der Waals surface area contributed by atoms with Gasteiger partial charge in [-0.1, -0.05) is 11.9 Å². The van der Waals surface area contributed by atoms with Crippen molar-refractivity contribution < 1.29 is 5.11 Å². The van der Waals surface area contributed by atoms with Gasteiger partial charge in [0.2, 0.25) is 0 Å². The van der Waals surface area contributed by atoms with Crippen LogP contribution < -0.4 is 5.14 Å². The van der Waals surface area contributed by atoms with Crippen molar-refractivity contribution in [3.05, 3.63) is 0 Å². The van der Waals surface area contributed by atoms with Crippen molar-refractivity contribution in [2.75, 3.05) is 0 Å². The molecular formula is C2H7NOS. The van der Waals surface area contributed by atoms with Gasteiger partial charge in [-0.05, 0) is 6.92 Å². The smallest absolute Gasteiger partial charge is 0.110 e. The third-order valence-corrected chi connectivity index (χ3v) is 0.591. The van der Waals surface area contributed by atoms with Crippen molar-refractivity contribution in [2.45, 2.75) is 12.4 Å². The third-order valence-electron chi connectivity index (χ3n) is 0.197. The molecule has 0 heterocycles. The lowest BCUT2D eigenvalue weighted by molar-refractivity contribution is 0.284. The average Bonchev–Trinajstić information content (AvgIpc) is 1.38. The van der Waals surface area contributed by atoms with E-state index in [1.165, 1.54) is 0 Å². The van der Waals surface area contributed by atoms with Gasteiger partial charge in [-0.15, -0.1) is 0 Å². The average molecular weight is 93.2 g/mol. The fourth-order valence-corrected chi connectivity index (χ4v) is 0. The van der Waals surface area contributed by atoms with Crippen LogP contribution in [0, 0.1) is 0 Å². The van der Waals surface area contributed by atoms with Crippen molar-refractivity contribution in [1.82, 2.24) is 0 Å². The van der Waals surface area contributed by atoms with Gasteiger partial charge in [0.05, 0.1) is 0 Å². The van der Waals surface area contributed by atoms with Gasteiger partial charge in [-0.3, -0.25) is 5.14 Å². The van der Waals surface area contributed by atoms with E-state index >= 15 is 0 Å². The molecule has 3 N–H and O–H groups in total. The monoisotopic (exact) mass is 93.0 g/mol. The van der Waals surface area contributed by atoms with Gasteiger partial charge in [-0.25, -0.2) is 0 Å². The molecule has 0 aliphatic carbocycles. The van der Waals surface area contributed by atoms with Crippen LogP contribution in [0.2, 0.25) is 0 Å². The van der Waals surface area contributed by atoms with Gasteiger partial charge < -0.3 is 5.11 Å². The van der Waals surface area contributed by atoms with Crippen molar-refractivity contribution in [3.63, 3.8) is 0 Å². The van der Waals surface area contributed by atoms with Crippen molar-refractivity contribution in [3.8, 4) is 0 Å². The number of aliphatic hydroxyl groups is 1. The maximum atomic E-state index is 8.20. The molecule has 3 heteroatoms. The van der Waals surface area contributed by atoms with E-state index < -0.39 is 5.44 Å². The molecule has 0 saturated carbocycles. The van der Waals surface area contributed by atoms with Gasteiger partial charge in [0.15, 0.2) is 0 Å². The fraction of sp³-hybridized carbons (Fsp3) is 1.00. The van der Waals surface area contributed by atoms with E-state index in [1.807, 2.05) is 0 Å². The number of aliphatic hydroxyl groups excluding tert-OH is 1. The van der Waals surface area contributed by atoms with Gasteiger partial charge in [0.25, 0.3) is 0 Å². The van der Waals surface area contributed by atoms with Crippen LogP contribution in [0.15, 0.2) is 0 Å². The Kier molecular flexibility index (Phi) is 2.64. The first-order chi connectivity index (χ1) is 2.27. The van der Waals surface area contributed by atoms with E-state index in [0.29, 0.717) is 0 Å². The fourth-order valence-electron chi connectivity index (χ4n) is 0. The molecule has 0 aliphatic rings. The predicted molar refractivity (Wildman–Crippen MR) is 23.5 cm³/mol. The Balaban J connectivity index is 2.54. The maximum Gasteiger partial charge on any atom is 0.110 e. The number of hydrogen-bond acceptors (Lipinski definition) is 3. The molecule has 0 rings (SSSR count). The molecule has 5 heavy (non-hydrogen) atoms. The summed E-state index contributed by atoms with van der Waals surface area (Å²) in [6, 6.07) is 0. The minimum Gasteiger partial charge on any atom is -0.381 e. The molecule has 0 bridgehead atoms. The number of hydrogen-bond donors (Lipinski definition) is 2. The summed E-state index contributed by atoms with van der Waals surface area (Å²) in [6.45, 7) is 1.62. The molecule has 0 amide bonds. The molecule has 0 aromatic heterocycles. The van der Waals surface area contributed by atoms with Crippen LogP contribution in [0.3, 0.4) is 0 Å². The highest BCUT2D eigenvalue weighted by Crippen LogP contribution is 1.91. The zero-order chi connectivity index (χ0) is 4.28. The summed E-state index contributed by atoms with van der Waals surface area (Å²) in [5.41, 5.74) is -0.421. The van der Waals surface area contributed by atoms with E-state index in [9.17, 15) is 0 Å². The number of nitrogens with two attached hydrogens (primary N) is 1. The summed E-state index contributed by atoms with van der Waals surface area (Å²) in [4.78, 5) is 0. The first kappa shape index (κ1) is 5.27. The van der Waals surface area contributed by atoms with E-state index in [2.05, 4.69) is 0 Å². The minimum absolute atomic E-state index is 0.421. The molecule has 2 nitrogen and oxygen atoms in total. The summed E-state index contributed by atoms with van der Waals surface area (Å²) in [5.74, 6) is 0. The normalized spacial score (nSPS) is 15.0. The Labute approximate surface area is 35.5 Å². The van der Waals surface area contributed by atoms with Crippen LogP contribution in [0.25, 0.3) is 0 Å². The topological polar surface area (TPSA) is 46.2 Å². The van der Waals surface area contributed by atoms with Crippen LogP contribution in [0.4, 0.5) is 0 Å². The van der Waals surface area contributed by atoms with E-state index in [1.54, 1.807) is 6.92 Å². The molecule has 0 spiro atoms. The Morgan fingerprint density at radius 2 is 2.20 bits per heavy atom. The quantitative estimate of drug-likeness (QED) is 0.352. The molecule has 0 aromatic carbocycles. The van der Waals surface area contributed by atoms with Gasteiger partial charge >= 0.3 is 0 Å². The summed E-state index contributed by atoms with van der Waals surface area (Å²) in [7, 11) is 0. The summed E-state index contributed by atoms with van der Waals surface area (Å²) >= 11 is 0.935. The molecular weight excluding hydrogens is 86.1 g/mol. The third kappa shape index (κ3) is 4.27. The molecule has 1 unspecified atom stereocenters. The van der Waals surface area contributed by atoms with E-state index in [0.717, 1.165) is 11.9 Å². The molecule has 0 aromatic rings. The Morgan fingerprint density at radius 1 is 2.00 bits per heavy atom. The van der Waals surface area contributed by atoms with Crippen LogP contribution >= 0.6 is 11.9 Å². The van der Waals surface area contributed by atoms with Gasteiger partial charge in [-0.2, -0.15) is 0 Å². The van der Waals surface area contributed by atoms with Crippen LogP contribution in [-0.4, -0.2) is 10.5 Å². The molecule has 1 atom stereocenters. The number of rotatable bonds is 1. The van der Waals surface area contributed by atoms with Crippen molar-refractivity contribution in [1.29, 1.82) is 0 Å². The second-order valence-electron chi connectivity index (χ2n) is 0.735. The maximum absolute atomic E-state index is 8.20. The van der Waals surface area contributed by atoms with Gasteiger partial charge in [0, 0.05) is 0 Å². The Bertz CT molecular complexity index is 23.6. The molecule has 32 valence electrons. The molecule has 0 radical (unpaired) electrons. The second-order valence-corrected chi connectivity index (χ2v) is 1.69. The lowest BCUT2D eigenvalue weighted by Gasteiger charge is -1.90. The summed E-state index contributed by atoms with van der Waals surface area (Å²) < 4.78 is 0. The summed E-state index contributed by atoms with van der Waals surface area (Å²) in [5, 5.41) is 13.0. The standard InChI is InChI=1S/C2H7NOS/c1-2(4)5-3/h2,4H,3H2,1H3. The lowest BCUT2D eigenvalue weighted by atomic mass is 10.9. The van der Waals surface area contributed by atoms with Gasteiger partial charge in [0.1, 0.15) is 5.44 Å². The van der Waals surface area contributed by atoms with Crippen LogP contribution in [-0.2, 0) is 0 Å².